The normalized spacial score (nSPS) is 23.7. The van der Waals surface area contributed by atoms with Gasteiger partial charge < -0.3 is 15.3 Å². The van der Waals surface area contributed by atoms with E-state index in [1.807, 2.05) is 12.1 Å². The van der Waals surface area contributed by atoms with E-state index in [2.05, 4.69) is 5.32 Å². The van der Waals surface area contributed by atoms with Crippen molar-refractivity contribution in [3.05, 3.63) is 47.3 Å². The van der Waals surface area contributed by atoms with E-state index in [1.54, 1.807) is 12.1 Å². The van der Waals surface area contributed by atoms with Gasteiger partial charge in [-0.3, -0.25) is 4.79 Å². The van der Waals surface area contributed by atoms with Gasteiger partial charge in [-0.1, -0.05) is 24.3 Å². The maximum absolute atomic E-state index is 13.3. The monoisotopic (exact) mass is 304 g/mol. The Hall–Kier alpha value is -2.37. The zero-order valence-corrected chi connectivity index (χ0v) is 12.0. The van der Waals surface area contributed by atoms with Crippen molar-refractivity contribution in [2.45, 2.75) is 24.8 Å². The molecule has 3 rings (SSSR count). The Morgan fingerprint density at radius 1 is 1.27 bits per heavy atom. The van der Waals surface area contributed by atoms with E-state index >= 15 is 0 Å². The lowest BCUT2D eigenvalue weighted by atomic mass is 10.0. The number of carboxylic acid groups (broad SMARTS) is 1. The van der Waals surface area contributed by atoms with Crippen molar-refractivity contribution >= 4 is 12.0 Å². The smallest absolute Gasteiger partial charge is 0.318 e. The summed E-state index contributed by atoms with van der Waals surface area (Å²) in [5.74, 6) is -1.81. The number of carboxylic acids is 1. The molecule has 2 amide bonds. The number of amides is 2. The summed E-state index contributed by atoms with van der Waals surface area (Å²) in [6.45, 7) is 0.443. The van der Waals surface area contributed by atoms with Crippen LogP contribution in [0.25, 0.3) is 0 Å². The Balaban J connectivity index is 1.75. The molecule has 0 aromatic heterocycles. The Morgan fingerprint density at radius 3 is 2.68 bits per heavy atom. The molecule has 0 fully saturated rings. The molecule has 0 saturated carbocycles. The minimum absolute atomic E-state index is 0.0252. The highest BCUT2D eigenvalue weighted by atomic mass is 19.1. The van der Waals surface area contributed by atoms with E-state index in [0.717, 1.165) is 11.1 Å². The number of carbonyl (C=O) groups is 2. The van der Waals surface area contributed by atoms with Gasteiger partial charge in [-0.25, -0.2) is 9.18 Å². The fourth-order valence-electron chi connectivity index (χ4n) is 3.12. The molecule has 2 unspecified atom stereocenters. The average Bonchev–Trinajstić information content (AvgIpc) is 2.86. The van der Waals surface area contributed by atoms with Gasteiger partial charge in [0.15, 0.2) is 0 Å². The van der Waals surface area contributed by atoms with Gasteiger partial charge in [0.25, 0.3) is 0 Å². The first kappa shape index (κ1) is 14.6. The third-order valence-corrected chi connectivity index (χ3v) is 4.21. The number of benzene rings is 1. The van der Waals surface area contributed by atoms with Gasteiger partial charge >= 0.3 is 12.0 Å². The summed E-state index contributed by atoms with van der Waals surface area (Å²) in [5.41, 5.74) is 1.57. The highest BCUT2D eigenvalue weighted by Gasteiger charge is 2.36. The van der Waals surface area contributed by atoms with Gasteiger partial charge in [0.1, 0.15) is 5.83 Å². The van der Waals surface area contributed by atoms with E-state index in [-0.39, 0.29) is 24.4 Å². The zero-order valence-electron chi connectivity index (χ0n) is 12.0. The topological polar surface area (TPSA) is 69.6 Å². The predicted octanol–water partition coefficient (Wildman–Crippen LogP) is 2.57. The van der Waals surface area contributed by atoms with Crippen LogP contribution < -0.4 is 5.32 Å². The molecule has 2 N–H and O–H groups in total. The number of carbonyl (C=O) groups excluding carboxylic acids is 1. The molecule has 5 nitrogen and oxygen atoms in total. The fourth-order valence-corrected chi connectivity index (χ4v) is 3.12. The van der Waals surface area contributed by atoms with Crippen LogP contribution in [-0.2, 0) is 4.79 Å². The molecule has 1 heterocycles. The van der Waals surface area contributed by atoms with Crippen LogP contribution >= 0.6 is 0 Å². The van der Waals surface area contributed by atoms with Crippen LogP contribution in [0.2, 0.25) is 0 Å². The molecule has 22 heavy (non-hydrogen) atoms. The molecule has 0 saturated heterocycles. The molecule has 6 heteroatoms. The molecule has 1 aliphatic heterocycles. The van der Waals surface area contributed by atoms with E-state index in [0.29, 0.717) is 19.4 Å². The molecule has 1 aliphatic carbocycles. The second-order valence-corrected chi connectivity index (χ2v) is 5.62. The SMILES string of the molecule is O=C(O)C1CC(NC(=O)N2CCC=C(F)C2)c2ccccc21. The summed E-state index contributed by atoms with van der Waals surface area (Å²) in [6.07, 6.45) is 2.31. The maximum atomic E-state index is 13.3. The molecular formula is C16H17FN2O3. The van der Waals surface area contributed by atoms with E-state index in [9.17, 15) is 19.1 Å². The second kappa shape index (κ2) is 5.79. The zero-order chi connectivity index (χ0) is 15.7. The molecule has 0 spiro atoms. The molecule has 0 radical (unpaired) electrons. The Labute approximate surface area is 127 Å². The number of nitrogens with zero attached hydrogens (tertiary/aromatic N) is 1. The summed E-state index contributed by atoms with van der Waals surface area (Å²) in [4.78, 5) is 25.0. The molecular weight excluding hydrogens is 287 g/mol. The number of hydrogen-bond donors (Lipinski definition) is 2. The summed E-state index contributed by atoms with van der Waals surface area (Å²) in [6, 6.07) is 6.53. The van der Waals surface area contributed by atoms with Crippen molar-refractivity contribution < 1.29 is 19.1 Å². The van der Waals surface area contributed by atoms with E-state index < -0.39 is 11.9 Å². The van der Waals surface area contributed by atoms with Crippen molar-refractivity contribution in [2.75, 3.05) is 13.1 Å². The minimum Gasteiger partial charge on any atom is -0.481 e. The quantitative estimate of drug-likeness (QED) is 0.882. The lowest BCUT2D eigenvalue weighted by Crippen LogP contribution is -2.43. The van der Waals surface area contributed by atoms with Crippen molar-refractivity contribution in [3.63, 3.8) is 0 Å². The lowest BCUT2D eigenvalue weighted by molar-refractivity contribution is -0.138. The summed E-state index contributed by atoms with van der Waals surface area (Å²) in [5, 5.41) is 12.2. The third kappa shape index (κ3) is 2.68. The predicted molar refractivity (Wildman–Crippen MR) is 78.1 cm³/mol. The number of hydrogen-bond acceptors (Lipinski definition) is 2. The Morgan fingerprint density at radius 2 is 2.00 bits per heavy atom. The third-order valence-electron chi connectivity index (χ3n) is 4.21. The second-order valence-electron chi connectivity index (χ2n) is 5.62. The Kier molecular flexibility index (Phi) is 3.83. The van der Waals surface area contributed by atoms with Gasteiger partial charge in [0.2, 0.25) is 0 Å². The summed E-state index contributed by atoms with van der Waals surface area (Å²) < 4.78 is 13.3. The van der Waals surface area contributed by atoms with E-state index in [1.165, 1.54) is 11.0 Å². The van der Waals surface area contributed by atoms with Crippen LogP contribution in [0.5, 0.6) is 0 Å². The minimum atomic E-state index is -0.892. The standard InChI is InChI=1S/C16H17FN2O3/c17-10-4-3-7-19(9-10)16(22)18-14-8-13(15(20)21)11-5-1-2-6-12(11)14/h1-2,4-6,13-14H,3,7-9H2,(H,18,22)(H,20,21). The van der Waals surface area contributed by atoms with Gasteiger partial charge in [-0.05, 0) is 30.0 Å². The van der Waals surface area contributed by atoms with Crippen molar-refractivity contribution in [1.29, 1.82) is 0 Å². The molecule has 0 bridgehead atoms. The van der Waals surface area contributed by atoms with Crippen molar-refractivity contribution in [1.82, 2.24) is 10.2 Å². The first-order valence-electron chi connectivity index (χ1n) is 7.28. The molecule has 2 aliphatic rings. The summed E-state index contributed by atoms with van der Waals surface area (Å²) >= 11 is 0. The van der Waals surface area contributed by atoms with Crippen LogP contribution in [0.4, 0.5) is 9.18 Å². The van der Waals surface area contributed by atoms with Crippen LogP contribution in [0.15, 0.2) is 36.2 Å². The van der Waals surface area contributed by atoms with Crippen LogP contribution in [0, 0.1) is 0 Å². The first-order chi connectivity index (χ1) is 10.6. The fraction of sp³-hybridized carbons (Fsp3) is 0.375. The van der Waals surface area contributed by atoms with Crippen LogP contribution in [-0.4, -0.2) is 35.1 Å². The molecule has 1 aromatic rings. The van der Waals surface area contributed by atoms with Gasteiger partial charge in [0.05, 0.1) is 18.5 Å². The highest BCUT2D eigenvalue weighted by Crippen LogP contribution is 2.40. The van der Waals surface area contributed by atoms with Crippen LogP contribution in [0.1, 0.15) is 35.9 Å². The van der Waals surface area contributed by atoms with Crippen LogP contribution in [0.3, 0.4) is 0 Å². The molecule has 1 aromatic carbocycles. The molecule has 2 atom stereocenters. The molecule has 116 valence electrons. The number of nitrogens with one attached hydrogen (secondary N) is 1. The number of urea groups is 1. The van der Waals surface area contributed by atoms with Gasteiger partial charge in [-0.15, -0.1) is 0 Å². The highest BCUT2D eigenvalue weighted by molar-refractivity contribution is 5.80. The van der Waals surface area contributed by atoms with E-state index in [4.69, 9.17) is 0 Å². The maximum Gasteiger partial charge on any atom is 0.318 e. The lowest BCUT2D eigenvalue weighted by Gasteiger charge is -2.26. The van der Waals surface area contributed by atoms with Crippen molar-refractivity contribution in [2.24, 2.45) is 0 Å². The number of aliphatic carboxylic acids is 1. The Bertz CT molecular complexity index is 644. The largest absolute Gasteiger partial charge is 0.481 e. The first-order valence-corrected chi connectivity index (χ1v) is 7.28. The summed E-state index contributed by atoms with van der Waals surface area (Å²) in [7, 11) is 0. The number of fused-ring (bicyclic) bond motifs is 1. The van der Waals surface area contributed by atoms with Gasteiger partial charge in [0, 0.05) is 6.54 Å². The average molecular weight is 304 g/mol. The van der Waals surface area contributed by atoms with Crippen molar-refractivity contribution in [3.8, 4) is 0 Å². The number of halogens is 1. The number of rotatable bonds is 2. The van der Waals surface area contributed by atoms with Gasteiger partial charge in [-0.2, -0.15) is 0 Å².